The molecule has 1 N–H and O–H groups in total. The number of rotatable bonds is 5. The highest BCUT2D eigenvalue weighted by Crippen LogP contribution is 2.38. The van der Waals surface area contributed by atoms with E-state index in [0.29, 0.717) is 12.5 Å². The monoisotopic (exact) mass is 228 g/mol. The summed E-state index contributed by atoms with van der Waals surface area (Å²) in [6.45, 7) is 9.43. The molecule has 1 aliphatic rings. The van der Waals surface area contributed by atoms with Gasteiger partial charge in [-0.2, -0.15) is 0 Å². The van der Waals surface area contributed by atoms with Crippen LogP contribution in [0, 0.1) is 5.92 Å². The second-order valence-corrected chi connectivity index (χ2v) is 5.90. The third-order valence-electron chi connectivity index (χ3n) is 3.98. The van der Waals surface area contributed by atoms with Crippen LogP contribution >= 0.6 is 0 Å². The lowest BCUT2D eigenvalue weighted by atomic mass is 9.76. The zero-order valence-electron chi connectivity index (χ0n) is 11.4. The van der Waals surface area contributed by atoms with E-state index in [0.717, 1.165) is 25.7 Å². The van der Waals surface area contributed by atoms with Gasteiger partial charge in [0.1, 0.15) is 0 Å². The molecule has 0 aliphatic carbocycles. The summed E-state index contributed by atoms with van der Waals surface area (Å²) in [5.41, 5.74) is -0.601. The van der Waals surface area contributed by atoms with Crippen molar-refractivity contribution in [1.82, 2.24) is 0 Å². The fraction of sp³-hybridized carbons (Fsp3) is 1.00. The zero-order valence-corrected chi connectivity index (χ0v) is 11.4. The third-order valence-corrected chi connectivity index (χ3v) is 3.98. The van der Waals surface area contributed by atoms with Crippen LogP contribution in [-0.2, 0) is 4.74 Å². The molecule has 0 saturated carbocycles. The first-order chi connectivity index (χ1) is 7.43. The highest BCUT2D eigenvalue weighted by molar-refractivity contribution is 4.92. The molecule has 16 heavy (non-hydrogen) atoms. The van der Waals surface area contributed by atoms with Crippen LogP contribution in [0.3, 0.4) is 0 Å². The number of hydrogen-bond donors (Lipinski definition) is 1. The van der Waals surface area contributed by atoms with E-state index >= 15 is 0 Å². The van der Waals surface area contributed by atoms with Gasteiger partial charge in [0.25, 0.3) is 0 Å². The summed E-state index contributed by atoms with van der Waals surface area (Å²) in [4.78, 5) is 0. The molecule has 1 fully saturated rings. The summed E-state index contributed by atoms with van der Waals surface area (Å²) in [5.74, 6) is 0.620. The van der Waals surface area contributed by atoms with Crippen LogP contribution in [0.25, 0.3) is 0 Å². The summed E-state index contributed by atoms with van der Waals surface area (Å²) in [6.07, 6.45) is 5.93. The van der Waals surface area contributed by atoms with Crippen LogP contribution in [-0.4, -0.2) is 22.9 Å². The lowest BCUT2D eigenvalue weighted by molar-refractivity contribution is -0.159. The molecular formula is C14H28O2. The second-order valence-electron chi connectivity index (χ2n) is 5.90. The molecular weight excluding hydrogens is 200 g/mol. The van der Waals surface area contributed by atoms with Crippen LogP contribution in [0.4, 0.5) is 0 Å². The van der Waals surface area contributed by atoms with E-state index < -0.39 is 5.60 Å². The van der Waals surface area contributed by atoms with Gasteiger partial charge in [0.2, 0.25) is 0 Å². The Bertz CT molecular complexity index is 217. The van der Waals surface area contributed by atoms with E-state index in [1.165, 1.54) is 12.8 Å². The minimum atomic E-state index is -0.488. The molecule has 2 heteroatoms. The molecule has 1 aliphatic heterocycles. The topological polar surface area (TPSA) is 29.5 Å². The first-order valence-corrected chi connectivity index (χ1v) is 6.79. The average Bonchev–Trinajstić information content (AvgIpc) is 2.16. The van der Waals surface area contributed by atoms with Crippen molar-refractivity contribution in [2.45, 2.75) is 77.4 Å². The first kappa shape index (κ1) is 14.0. The maximum Gasteiger partial charge on any atom is 0.0699 e. The molecule has 0 aromatic carbocycles. The molecule has 1 rings (SSSR count). The summed E-state index contributed by atoms with van der Waals surface area (Å²) in [5, 5.41) is 10.7. The third kappa shape index (κ3) is 3.74. The lowest BCUT2D eigenvalue weighted by Crippen LogP contribution is -2.47. The number of aliphatic hydroxyl groups is 1. The van der Waals surface area contributed by atoms with Crippen LogP contribution in [0.15, 0.2) is 0 Å². The summed E-state index contributed by atoms with van der Waals surface area (Å²) < 4.78 is 5.79. The van der Waals surface area contributed by atoms with Crippen LogP contribution in [0.1, 0.15) is 66.2 Å². The normalized spacial score (nSPS) is 37.3. The standard InChI is InChI=1S/C14H28O2/c1-5-7-12(3)10-14(15)8-9-16-13(4,6-2)11-14/h12,15H,5-11H2,1-4H3. The van der Waals surface area contributed by atoms with Crippen LogP contribution in [0.5, 0.6) is 0 Å². The number of hydrogen-bond acceptors (Lipinski definition) is 2. The van der Waals surface area contributed by atoms with E-state index in [1.54, 1.807) is 0 Å². The van der Waals surface area contributed by atoms with Crippen molar-refractivity contribution in [3.63, 3.8) is 0 Å². The van der Waals surface area contributed by atoms with E-state index in [4.69, 9.17) is 4.74 Å². The van der Waals surface area contributed by atoms with Crippen molar-refractivity contribution < 1.29 is 9.84 Å². The Kier molecular flexibility index (Phi) is 4.81. The number of ether oxygens (including phenoxy) is 1. The van der Waals surface area contributed by atoms with Crippen molar-refractivity contribution in [2.24, 2.45) is 5.92 Å². The molecule has 2 nitrogen and oxygen atoms in total. The lowest BCUT2D eigenvalue weighted by Gasteiger charge is -2.44. The molecule has 1 saturated heterocycles. The Labute approximate surface area is 100 Å². The van der Waals surface area contributed by atoms with Gasteiger partial charge in [0, 0.05) is 6.42 Å². The molecule has 3 atom stereocenters. The van der Waals surface area contributed by atoms with Crippen molar-refractivity contribution in [1.29, 1.82) is 0 Å². The van der Waals surface area contributed by atoms with Crippen molar-refractivity contribution >= 4 is 0 Å². The molecule has 0 spiro atoms. The SMILES string of the molecule is CCCC(C)CC1(O)CCOC(C)(CC)C1. The highest BCUT2D eigenvalue weighted by atomic mass is 16.5. The first-order valence-electron chi connectivity index (χ1n) is 6.79. The van der Waals surface area contributed by atoms with Gasteiger partial charge in [-0.3, -0.25) is 0 Å². The molecule has 96 valence electrons. The quantitative estimate of drug-likeness (QED) is 0.780. The highest BCUT2D eigenvalue weighted by Gasteiger charge is 2.41. The van der Waals surface area contributed by atoms with Gasteiger partial charge in [-0.05, 0) is 32.1 Å². The molecule has 3 unspecified atom stereocenters. The van der Waals surface area contributed by atoms with E-state index in [-0.39, 0.29) is 5.60 Å². The fourth-order valence-corrected chi connectivity index (χ4v) is 2.97. The Morgan fingerprint density at radius 3 is 2.62 bits per heavy atom. The van der Waals surface area contributed by atoms with Gasteiger partial charge in [0.15, 0.2) is 0 Å². The predicted octanol–water partition coefficient (Wildman–Crippen LogP) is 3.52. The maximum absolute atomic E-state index is 10.7. The van der Waals surface area contributed by atoms with Gasteiger partial charge in [0.05, 0.1) is 17.8 Å². The van der Waals surface area contributed by atoms with Gasteiger partial charge in [-0.15, -0.1) is 0 Å². The molecule has 0 aromatic heterocycles. The minimum Gasteiger partial charge on any atom is -0.390 e. The smallest absolute Gasteiger partial charge is 0.0699 e. The Hall–Kier alpha value is -0.0800. The van der Waals surface area contributed by atoms with Gasteiger partial charge >= 0.3 is 0 Å². The molecule has 0 aromatic rings. The fourth-order valence-electron chi connectivity index (χ4n) is 2.97. The summed E-state index contributed by atoms with van der Waals surface area (Å²) >= 11 is 0. The molecule has 0 bridgehead atoms. The van der Waals surface area contributed by atoms with Crippen molar-refractivity contribution in [2.75, 3.05) is 6.61 Å². The van der Waals surface area contributed by atoms with E-state index in [1.807, 2.05) is 0 Å². The molecule has 1 heterocycles. The van der Waals surface area contributed by atoms with Gasteiger partial charge in [-0.1, -0.05) is 33.6 Å². The van der Waals surface area contributed by atoms with Crippen molar-refractivity contribution in [3.05, 3.63) is 0 Å². The summed E-state index contributed by atoms with van der Waals surface area (Å²) in [6, 6.07) is 0. The predicted molar refractivity (Wildman–Crippen MR) is 67.5 cm³/mol. The van der Waals surface area contributed by atoms with E-state index in [2.05, 4.69) is 27.7 Å². The minimum absolute atomic E-state index is 0.112. The summed E-state index contributed by atoms with van der Waals surface area (Å²) in [7, 11) is 0. The zero-order chi connectivity index (χ0) is 12.2. The van der Waals surface area contributed by atoms with E-state index in [9.17, 15) is 5.11 Å². The molecule has 0 radical (unpaired) electrons. The van der Waals surface area contributed by atoms with Crippen LogP contribution < -0.4 is 0 Å². The van der Waals surface area contributed by atoms with Gasteiger partial charge in [-0.25, -0.2) is 0 Å². The molecule has 0 amide bonds. The van der Waals surface area contributed by atoms with Crippen LogP contribution in [0.2, 0.25) is 0 Å². The maximum atomic E-state index is 10.7. The van der Waals surface area contributed by atoms with Crippen molar-refractivity contribution in [3.8, 4) is 0 Å². The Balaban J connectivity index is 2.55. The average molecular weight is 228 g/mol. The van der Waals surface area contributed by atoms with Gasteiger partial charge < -0.3 is 9.84 Å². The Morgan fingerprint density at radius 2 is 2.06 bits per heavy atom. The second kappa shape index (κ2) is 5.50. The largest absolute Gasteiger partial charge is 0.390 e. The Morgan fingerprint density at radius 1 is 1.38 bits per heavy atom.